The number of carboxylic acid groups (broad SMARTS) is 1. The molecule has 0 aliphatic carbocycles. The highest BCUT2D eigenvalue weighted by molar-refractivity contribution is 5.80. The van der Waals surface area contributed by atoms with E-state index in [2.05, 4.69) is 48.3 Å². The molecule has 1 aromatic carbocycles. The summed E-state index contributed by atoms with van der Waals surface area (Å²) in [7, 11) is 0. The lowest BCUT2D eigenvalue weighted by molar-refractivity contribution is -0.134. The summed E-state index contributed by atoms with van der Waals surface area (Å²) < 4.78 is 0. The molecule has 114 valence electrons. The van der Waals surface area contributed by atoms with E-state index in [-0.39, 0.29) is 6.04 Å². The van der Waals surface area contributed by atoms with E-state index in [4.69, 9.17) is 15.6 Å². The van der Waals surface area contributed by atoms with Crippen molar-refractivity contribution in [2.45, 2.75) is 45.6 Å². The minimum Gasteiger partial charge on any atom is -0.481 e. The van der Waals surface area contributed by atoms with Crippen molar-refractivity contribution in [2.75, 3.05) is 0 Å². The first-order valence-electron chi connectivity index (χ1n) is 7.24. The fourth-order valence-corrected chi connectivity index (χ4v) is 2.14. The minimum absolute atomic E-state index is 0.262. The molecular weight excluding hydrogens is 264 g/mol. The quantitative estimate of drug-likeness (QED) is 0.875. The Bertz CT molecular complexity index is 517. The van der Waals surface area contributed by atoms with Crippen LogP contribution in [0, 0.1) is 6.92 Å². The predicted octanol–water partition coefficient (Wildman–Crippen LogP) is 3.40. The van der Waals surface area contributed by atoms with Crippen LogP contribution in [0.25, 0.3) is 6.08 Å². The summed E-state index contributed by atoms with van der Waals surface area (Å²) in [5.41, 5.74) is 8.36. The predicted molar refractivity (Wildman–Crippen MR) is 87.4 cm³/mol. The highest BCUT2D eigenvalue weighted by Gasteiger charge is 2.08. The molecule has 0 spiro atoms. The number of hydrogen-bond acceptors (Lipinski definition) is 3. The molecule has 1 aromatic rings. The average Bonchev–Trinajstić information content (AvgIpc) is 2.60. The average molecular weight is 288 g/mol. The highest BCUT2D eigenvalue weighted by atomic mass is 16.4. The zero-order valence-corrected chi connectivity index (χ0v) is 12.7. The van der Waals surface area contributed by atoms with E-state index in [1.165, 1.54) is 24.0 Å². The van der Waals surface area contributed by atoms with Gasteiger partial charge in [-0.05, 0) is 25.3 Å². The minimum atomic E-state index is -0.833. The Morgan fingerprint density at radius 2 is 2.14 bits per heavy atom. The second kappa shape index (κ2) is 8.95. The first kappa shape index (κ1) is 17.0. The van der Waals surface area contributed by atoms with Crippen molar-refractivity contribution < 1.29 is 9.90 Å². The number of aryl methyl sites for hydroxylation is 1. The van der Waals surface area contributed by atoms with Crippen molar-refractivity contribution in [1.82, 2.24) is 0 Å². The molecule has 0 saturated heterocycles. The van der Waals surface area contributed by atoms with Gasteiger partial charge in [-0.25, -0.2) is 0 Å². The lowest BCUT2D eigenvalue weighted by Gasteiger charge is -2.04. The lowest BCUT2D eigenvalue weighted by Crippen LogP contribution is -2.12. The third-order valence-electron chi connectivity index (χ3n) is 3.07. The molecule has 2 rings (SSSR count). The Balaban J connectivity index is 0.000000491. The number of carboxylic acids is 1. The van der Waals surface area contributed by atoms with Gasteiger partial charge >= 0.3 is 0 Å². The zero-order valence-electron chi connectivity index (χ0n) is 12.7. The molecule has 0 fully saturated rings. The van der Waals surface area contributed by atoms with Crippen LogP contribution in [-0.2, 0) is 4.79 Å². The number of benzene rings is 1. The van der Waals surface area contributed by atoms with Gasteiger partial charge in [-0.3, -0.25) is 9.79 Å². The summed E-state index contributed by atoms with van der Waals surface area (Å²) in [6, 6.07) is 8.75. The van der Waals surface area contributed by atoms with E-state index in [1.54, 1.807) is 0 Å². The monoisotopic (exact) mass is 288 g/mol. The number of aliphatic carboxylic acids is 1. The van der Waals surface area contributed by atoms with E-state index in [9.17, 15) is 0 Å². The summed E-state index contributed by atoms with van der Waals surface area (Å²) in [6.45, 7) is 3.19. The molecule has 0 aromatic heterocycles. The zero-order chi connectivity index (χ0) is 15.7. The number of carbonyl (C=O) groups is 1. The molecule has 21 heavy (non-hydrogen) atoms. The topological polar surface area (TPSA) is 75.7 Å². The summed E-state index contributed by atoms with van der Waals surface area (Å²) in [5, 5.41) is 7.42. The van der Waals surface area contributed by atoms with Crippen molar-refractivity contribution in [3.05, 3.63) is 41.5 Å². The molecule has 4 nitrogen and oxygen atoms in total. The molecule has 0 radical (unpaired) electrons. The summed E-state index contributed by atoms with van der Waals surface area (Å²) in [4.78, 5) is 13.5. The SMILES string of the molecule is CC(=O)O.Cc1cccc(C=CC2CCCCC(N)=N2)c1. The highest BCUT2D eigenvalue weighted by Crippen LogP contribution is 2.15. The van der Waals surface area contributed by atoms with Crippen LogP contribution in [0.15, 0.2) is 35.3 Å². The van der Waals surface area contributed by atoms with Gasteiger partial charge in [-0.2, -0.15) is 0 Å². The van der Waals surface area contributed by atoms with E-state index in [0.29, 0.717) is 0 Å². The fourth-order valence-electron chi connectivity index (χ4n) is 2.14. The number of amidine groups is 1. The molecule has 0 amide bonds. The molecule has 1 heterocycles. The van der Waals surface area contributed by atoms with Crippen molar-refractivity contribution in [3.8, 4) is 0 Å². The van der Waals surface area contributed by atoms with E-state index >= 15 is 0 Å². The first-order chi connectivity index (χ1) is 9.97. The second-order valence-corrected chi connectivity index (χ2v) is 5.23. The lowest BCUT2D eigenvalue weighted by atomic mass is 10.1. The van der Waals surface area contributed by atoms with Gasteiger partial charge in [-0.1, -0.05) is 48.4 Å². The molecule has 3 N–H and O–H groups in total. The summed E-state index contributed by atoms with van der Waals surface area (Å²) >= 11 is 0. The molecule has 1 atom stereocenters. The fraction of sp³-hybridized carbons (Fsp3) is 0.412. The van der Waals surface area contributed by atoms with Gasteiger partial charge in [-0.15, -0.1) is 0 Å². The Labute approximate surface area is 126 Å². The van der Waals surface area contributed by atoms with Gasteiger partial charge in [0.1, 0.15) is 0 Å². The first-order valence-corrected chi connectivity index (χ1v) is 7.24. The van der Waals surface area contributed by atoms with Crippen molar-refractivity contribution >= 4 is 17.9 Å². The van der Waals surface area contributed by atoms with E-state index in [1.807, 2.05) is 0 Å². The van der Waals surface area contributed by atoms with Crippen LogP contribution in [0.4, 0.5) is 0 Å². The Hall–Kier alpha value is -2.10. The van der Waals surface area contributed by atoms with Crippen molar-refractivity contribution in [1.29, 1.82) is 0 Å². The number of nitrogens with two attached hydrogens (primary N) is 1. The Kier molecular flexibility index (Phi) is 7.23. The molecule has 1 aliphatic heterocycles. The van der Waals surface area contributed by atoms with Crippen molar-refractivity contribution in [3.63, 3.8) is 0 Å². The maximum Gasteiger partial charge on any atom is 0.300 e. The molecular formula is C17H24N2O2. The summed E-state index contributed by atoms with van der Waals surface area (Å²) in [6.07, 6.45) is 8.78. The summed E-state index contributed by atoms with van der Waals surface area (Å²) in [5.74, 6) is -0.0265. The molecule has 4 heteroatoms. The van der Waals surface area contributed by atoms with Crippen LogP contribution in [0.5, 0.6) is 0 Å². The second-order valence-electron chi connectivity index (χ2n) is 5.23. The van der Waals surface area contributed by atoms with Gasteiger partial charge < -0.3 is 10.8 Å². The van der Waals surface area contributed by atoms with Crippen LogP contribution in [0.2, 0.25) is 0 Å². The Morgan fingerprint density at radius 1 is 1.43 bits per heavy atom. The number of rotatable bonds is 2. The molecule has 1 aliphatic rings. The van der Waals surface area contributed by atoms with Crippen LogP contribution in [-0.4, -0.2) is 23.0 Å². The third kappa shape index (κ3) is 7.92. The molecule has 0 bridgehead atoms. The van der Waals surface area contributed by atoms with E-state index in [0.717, 1.165) is 25.6 Å². The third-order valence-corrected chi connectivity index (χ3v) is 3.07. The maximum absolute atomic E-state index is 9.00. The number of hydrogen-bond donors (Lipinski definition) is 2. The van der Waals surface area contributed by atoms with Gasteiger partial charge in [0, 0.05) is 13.3 Å². The normalized spacial score (nSPS) is 18.4. The van der Waals surface area contributed by atoms with Crippen LogP contribution in [0.1, 0.15) is 43.7 Å². The van der Waals surface area contributed by atoms with Gasteiger partial charge in [0.15, 0.2) is 0 Å². The standard InChI is InChI=1S/C15H20N2.C2H4O2/c1-12-5-4-6-13(11-12)9-10-14-7-2-3-8-15(16)17-14;1-2(3)4/h4-6,9-11,14H,2-3,7-8H2,1H3,(H2,16,17);1H3,(H,3,4). The maximum atomic E-state index is 9.00. The molecule has 0 saturated carbocycles. The smallest absolute Gasteiger partial charge is 0.300 e. The number of nitrogens with zero attached hydrogens (tertiary/aromatic N) is 1. The van der Waals surface area contributed by atoms with E-state index < -0.39 is 5.97 Å². The molecule has 1 unspecified atom stereocenters. The van der Waals surface area contributed by atoms with Crippen LogP contribution < -0.4 is 5.73 Å². The van der Waals surface area contributed by atoms with Crippen LogP contribution in [0.3, 0.4) is 0 Å². The van der Waals surface area contributed by atoms with Gasteiger partial charge in [0.2, 0.25) is 0 Å². The Morgan fingerprint density at radius 3 is 2.81 bits per heavy atom. The van der Waals surface area contributed by atoms with Gasteiger partial charge in [0.25, 0.3) is 5.97 Å². The largest absolute Gasteiger partial charge is 0.481 e. The number of aliphatic imine (C=N–C) groups is 1. The van der Waals surface area contributed by atoms with Crippen molar-refractivity contribution in [2.24, 2.45) is 10.7 Å². The van der Waals surface area contributed by atoms with Crippen LogP contribution >= 0.6 is 0 Å². The van der Waals surface area contributed by atoms with Gasteiger partial charge in [0.05, 0.1) is 11.9 Å².